The zero-order valence-electron chi connectivity index (χ0n) is 40.5. The fraction of sp³-hybridized carbons (Fsp3) is 0. The Kier molecular flexibility index (Phi) is 8.44. The molecule has 6 heterocycles. The van der Waals surface area contributed by atoms with Gasteiger partial charge in [0.15, 0.2) is 0 Å². The Morgan fingerprint density at radius 1 is 0.267 bits per heavy atom. The predicted molar refractivity (Wildman–Crippen MR) is 312 cm³/mol. The SMILES string of the molecule is c1ccc(N(c2ccccc2)c2cc3c4c(c2)N(c2ccccc2)c2cc5c(cc2B4c2ccccc2N3c2ccccc2)Oc2cc3c4c6c2B5c2ccccc2N6c2ccccc2B4c2ccccc2O3)cc1. The first kappa shape index (κ1) is 40.9. The molecule has 11 aromatic rings. The number of para-hydroxylation sites is 8. The van der Waals surface area contributed by atoms with Crippen molar-refractivity contribution in [3.63, 3.8) is 0 Å². The van der Waals surface area contributed by atoms with Crippen LogP contribution in [0.3, 0.4) is 0 Å². The van der Waals surface area contributed by atoms with Gasteiger partial charge in [0.2, 0.25) is 0 Å². The summed E-state index contributed by atoms with van der Waals surface area (Å²) in [5.74, 6) is 3.43. The second-order valence-corrected chi connectivity index (χ2v) is 20.3. The molecular formula is C66H41B3N4O2. The van der Waals surface area contributed by atoms with Crippen LogP contribution < -0.4 is 78.2 Å². The van der Waals surface area contributed by atoms with Crippen LogP contribution in [0.15, 0.2) is 249 Å². The van der Waals surface area contributed by atoms with Gasteiger partial charge in [-0.1, -0.05) is 146 Å². The van der Waals surface area contributed by atoms with Crippen molar-refractivity contribution in [3.05, 3.63) is 249 Å². The molecule has 6 aliphatic heterocycles. The fourth-order valence-electron chi connectivity index (χ4n) is 13.6. The lowest BCUT2D eigenvalue weighted by Crippen LogP contribution is -2.67. The number of ether oxygens (including phenoxy) is 2. The summed E-state index contributed by atoms with van der Waals surface area (Å²) in [6.45, 7) is -0.275. The lowest BCUT2D eigenvalue weighted by atomic mass is 9.29. The van der Waals surface area contributed by atoms with E-state index < -0.39 is 0 Å². The van der Waals surface area contributed by atoms with E-state index in [1.165, 1.54) is 55.1 Å². The van der Waals surface area contributed by atoms with E-state index in [9.17, 15) is 0 Å². The number of hydrogen-bond donors (Lipinski definition) is 0. The number of benzene rings is 11. The van der Waals surface area contributed by atoms with Crippen molar-refractivity contribution in [2.24, 2.45) is 0 Å². The average Bonchev–Trinajstić information content (AvgIpc) is 3.48. The summed E-state index contributed by atoms with van der Waals surface area (Å²) in [5.41, 5.74) is 24.4. The number of anilines is 12. The summed E-state index contributed by atoms with van der Waals surface area (Å²) in [5, 5.41) is 0. The molecule has 0 unspecified atom stereocenters. The van der Waals surface area contributed by atoms with Crippen molar-refractivity contribution < 1.29 is 9.47 Å². The van der Waals surface area contributed by atoms with E-state index in [0.717, 1.165) is 85.3 Å². The Balaban J connectivity index is 0.959. The number of hydrogen-bond acceptors (Lipinski definition) is 6. The van der Waals surface area contributed by atoms with E-state index in [4.69, 9.17) is 9.47 Å². The minimum atomic E-state index is -0.136. The van der Waals surface area contributed by atoms with Crippen LogP contribution in [0.2, 0.25) is 0 Å². The van der Waals surface area contributed by atoms with E-state index in [1.807, 2.05) is 0 Å². The Bertz CT molecular complexity index is 4160. The van der Waals surface area contributed by atoms with Gasteiger partial charge < -0.3 is 29.1 Å². The van der Waals surface area contributed by atoms with Gasteiger partial charge in [0.1, 0.15) is 23.0 Å². The highest BCUT2D eigenvalue weighted by molar-refractivity contribution is 7.04. The lowest BCUT2D eigenvalue weighted by molar-refractivity contribution is 0.466. The molecule has 0 saturated carbocycles. The molecule has 0 aromatic heterocycles. The molecule has 0 N–H and O–H groups in total. The Morgan fingerprint density at radius 2 is 0.693 bits per heavy atom. The molecule has 0 spiro atoms. The summed E-state index contributed by atoms with van der Waals surface area (Å²) in [6.07, 6.45) is 0. The van der Waals surface area contributed by atoms with Crippen LogP contribution >= 0.6 is 0 Å². The number of nitrogens with zero attached hydrogens (tertiary/aromatic N) is 4. The van der Waals surface area contributed by atoms with Crippen molar-refractivity contribution >= 4 is 138 Å². The average molecular weight is 955 g/mol. The van der Waals surface area contributed by atoms with E-state index in [0.29, 0.717) is 0 Å². The highest BCUT2D eigenvalue weighted by Crippen LogP contribution is 2.50. The van der Waals surface area contributed by atoms with E-state index >= 15 is 0 Å². The van der Waals surface area contributed by atoms with Gasteiger partial charge in [0.05, 0.1) is 5.69 Å². The van der Waals surface area contributed by atoms with Gasteiger partial charge in [0.25, 0.3) is 20.1 Å². The maximum atomic E-state index is 7.51. The highest BCUT2D eigenvalue weighted by Gasteiger charge is 2.52. The predicted octanol–water partition coefficient (Wildman–Crippen LogP) is 10.6. The van der Waals surface area contributed by atoms with E-state index in [1.54, 1.807) is 0 Å². The van der Waals surface area contributed by atoms with Crippen LogP contribution in [0.5, 0.6) is 23.0 Å². The molecule has 11 aromatic carbocycles. The normalized spacial score (nSPS) is 13.9. The Hall–Kier alpha value is -9.59. The summed E-state index contributed by atoms with van der Waals surface area (Å²) in [4.78, 5) is 9.91. The van der Waals surface area contributed by atoms with Crippen molar-refractivity contribution in [1.82, 2.24) is 0 Å². The zero-order valence-corrected chi connectivity index (χ0v) is 40.5. The molecule has 6 aliphatic rings. The van der Waals surface area contributed by atoms with Gasteiger partial charge in [-0.15, -0.1) is 0 Å². The van der Waals surface area contributed by atoms with Crippen molar-refractivity contribution in [2.45, 2.75) is 0 Å². The van der Waals surface area contributed by atoms with E-state index in [-0.39, 0.29) is 20.1 Å². The molecule has 346 valence electrons. The molecule has 0 saturated heterocycles. The zero-order chi connectivity index (χ0) is 48.9. The van der Waals surface area contributed by atoms with Crippen LogP contribution in [0, 0.1) is 0 Å². The summed E-state index contributed by atoms with van der Waals surface area (Å²) < 4.78 is 14.5. The van der Waals surface area contributed by atoms with Crippen LogP contribution in [0.1, 0.15) is 0 Å². The molecule has 0 bridgehead atoms. The third-order valence-electron chi connectivity index (χ3n) is 16.5. The Labute approximate surface area is 436 Å². The maximum absolute atomic E-state index is 7.51. The van der Waals surface area contributed by atoms with Crippen molar-refractivity contribution in [2.75, 3.05) is 19.6 Å². The third kappa shape index (κ3) is 5.67. The number of rotatable bonds is 5. The standard InChI is InChI=1S/C66H41B3N4O2/c1-5-21-42(22-6-1)70(43-23-7-2-8-24-43)46-37-57-63-58(38-46)72(45-27-11-4-12-28-45)56-39-52-60(40-51(56)68(63)47-29-13-17-33-53(47)71(57)44-25-9-3-10-26-44)75-62-41-61-64-66-65(62)69(52)49-31-15-19-35-55(49)73(66)54-34-18-14-30-48(54)67(64)50-32-16-20-36-59(50)74-61/h1-41H. The quantitative estimate of drug-likeness (QED) is 0.160. The van der Waals surface area contributed by atoms with Gasteiger partial charge in [-0.25, -0.2) is 0 Å². The first-order valence-electron chi connectivity index (χ1n) is 25.9. The molecule has 0 aliphatic carbocycles. The fourth-order valence-corrected chi connectivity index (χ4v) is 13.6. The van der Waals surface area contributed by atoms with Gasteiger partial charge in [-0.2, -0.15) is 0 Å². The first-order valence-corrected chi connectivity index (χ1v) is 25.9. The molecule has 0 atom stereocenters. The molecule has 75 heavy (non-hydrogen) atoms. The van der Waals surface area contributed by atoms with Gasteiger partial charge in [0, 0.05) is 68.6 Å². The summed E-state index contributed by atoms with van der Waals surface area (Å²) >= 11 is 0. The van der Waals surface area contributed by atoms with E-state index in [2.05, 4.69) is 268 Å². The van der Waals surface area contributed by atoms with Crippen LogP contribution in [-0.4, -0.2) is 20.1 Å². The molecule has 9 heteroatoms. The molecule has 0 radical (unpaired) electrons. The van der Waals surface area contributed by atoms with Crippen molar-refractivity contribution in [1.29, 1.82) is 0 Å². The Morgan fingerprint density at radius 3 is 1.25 bits per heavy atom. The molecule has 17 rings (SSSR count). The van der Waals surface area contributed by atoms with Crippen molar-refractivity contribution in [3.8, 4) is 23.0 Å². The minimum absolute atomic E-state index is 0.00448. The van der Waals surface area contributed by atoms with Crippen LogP contribution in [0.4, 0.5) is 68.2 Å². The molecule has 0 amide bonds. The van der Waals surface area contributed by atoms with Gasteiger partial charge in [-0.3, -0.25) is 0 Å². The minimum Gasteiger partial charge on any atom is -0.458 e. The molecule has 0 fully saturated rings. The largest absolute Gasteiger partial charge is 0.458 e. The smallest absolute Gasteiger partial charge is 0.256 e. The molecular weight excluding hydrogens is 913 g/mol. The molecule has 6 nitrogen and oxygen atoms in total. The highest BCUT2D eigenvalue weighted by atomic mass is 16.5. The summed E-state index contributed by atoms with van der Waals surface area (Å²) in [7, 11) is 0. The first-order chi connectivity index (χ1) is 37.2. The maximum Gasteiger partial charge on any atom is 0.256 e. The monoisotopic (exact) mass is 954 g/mol. The van der Waals surface area contributed by atoms with Gasteiger partial charge >= 0.3 is 0 Å². The van der Waals surface area contributed by atoms with Crippen LogP contribution in [0.25, 0.3) is 0 Å². The number of fused-ring (bicyclic) bond motifs is 14. The second kappa shape index (κ2) is 15.5. The topological polar surface area (TPSA) is 31.4 Å². The summed E-state index contributed by atoms with van der Waals surface area (Å²) in [6, 6.07) is 90.8. The van der Waals surface area contributed by atoms with Gasteiger partial charge in [-0.05, 0) is 146 Å². The van der Waals surface area contributed by atoms with Crippen LogP contribution in [-0.2, 0) is 0 Å². The third-order valence-corrected chi connectivity index (χ3v) is 16.5. The second-order valence-electron chi connectivity index (χ2n) is 20.3. The lowest BCUT2D eigenvalue weighted by Gasteiger charge is -2.48.